The minimum atomic E-state index is -3.04. The summed E-state index contributed by atoms with van der Waals surface area (Å²) in [7, 11) is 0. The average molecular weight is 246 g/mol. The molecule has 66 valence electrons. The Morgan fingerprint density at radius 3 is 2.45 bits per heavy atom. The maximum absolute atomic E-state index is 10.1. The van der Waals surface area contributed by atoms with E-state index in [2.05, 4.69) is 0 Å². The normalized spacial score (nSPS) is 14.2. The second-order valence-corrected chi connectivity index (χ2v) is 7.28. The molecule has 0 radical (unpaired) electrons. The summed E-state index contributed by atoms with van der Waals surface area (Å²) < 4.78 is 0. The summed E-state index contributed by atoms with van der Waals surface area (Å²) in [6.45, 7) is 0. The van der Waals surface area contributed by atoms with Crippen molar-refractivity contribution in [1.82, 2.24) is 0 Å². The van der Waals surface area contributed by atoms with Crippen molar-refractivity contribution >= 4 is 33.4 Å². The number of carboxylic acid groups (broad SMARTS) is 1. The molecular weight excluding hydrogens is 236 g/mol. The van der Waals surface area contributed by atoms with Gasteiger partial charge in [-0.2, -0.15) is 0 Å². The Morgan fingerprint density at radius 2 is 2.18 bits per heavy atom. The number of aliphatic carboxylic acids is 1. The molecule has 0 spiro atoms. The predicted octanol–water partition coefficient (Wildman–Crippen LogP) is -1.76. The Balaban J connectivity index is 3.99. The van der Waals surface area contributed by atoms with E-state index in [-0.39, 0.29) is 6.42 Å². The summed E-state index contributed by atoms with van der Waals surface area (Å²) in [5, 5.41) is 8.28. The van der Waals surface area contributed by atoms with Crippen molar-refractivity contribution in [3.63, 3.8) is 0 Å². The first-order valence-electron chi connectivity index (χ1n) is 2.72. The quantitative estimate of drug-likeness (QED) is 0.349. The monoisotopic (exact) mass is 247 g/mol. The molecule has 0 fully saturated rings. The fourth-order valence-electron chi connectivity index (χ4n) is 0.356. The molecule has 0 heterocycles. The molecule has 0 bridgehead atoms. The van der Waals surface area contributed by atoms with Crippen LogP contribution in [0.4, 0.5) is 0 Å². The third-order valence-electron chi connectivity index (χ3n) is 0.921. The van der Waals surface area contributed by atoms with Crippen molar-refractivity contribution in [2.45, 2.75) is 12.5 Å². The second-order valence-electron chi connectivity index (χ2n) is 1.98. The minimum absolute atomic E-state index is 0.0368. The summed E-state index contributed by atoms with van der Waals surface area (Å²) in [5.41, 5.74) is 5.08. The van der Waals surface area contributed by atoms with E-state index in [1.54, 1.807) is 15.6 Å². The maximum atomic E-state index is 10.1. The first-order chi connectivity index (χ1) is 4.83. The van der Waals surface area contributed by atoms with Crippen LogP contribution in [0.15, 0.2) is 0 Å². The fourth-order valence-corrected chi connectivity index (χ4v) is 1.46. The average Bonchev–Trinajstić information content (AvgIpc) is 1.80. The predicted molar refractivity (Wildman–Crippen MR) is 44.8 cm³/mol. The summed E-state index contributed by atoms with van der Waals surface area (Å²) >= 11 is 1.68. The fraction of sp³-hybridized carbons (Fsp3) is 0.500. The van der Waals surface area contributed by atoms with Gasteiger partial charge in [-0.1, -0.05) is 0 Å². The molecule has 0 aliphatic heterocycles. The molecule has 0 aromatic rings. The molecule has 0 amide bonds. The number of nitrogens with two attached hydrogens (primary N) is 1. The van der Waals surface area contributed by atoms with E-state index in [1.807, 2.05) is 0 Å². The van der Waals surface area contributed by atoms with Crippen LogP contribution >= 0.6 is 6.03 Å². The number of hydrogen-bond donors (Lipinski definition) is 4. The van der Waals surface area contributed by atoms with Crippen molar-refractivity contribution in [2.24, 2.45) is 5.73 Å². The Hall–Kier alpha value is 0.169. The van der Waals surface area contributed by atoms with E-state index < -0.39 is 18.0 Å². The van der Waals surface area contributed by atoms with Crippen LogP contribution in [0.5, 0.6) is 0 Å². The summed E-state index contributed by atoms with van der Waals surface area (Å²) in [6, 6.07) is -4.10. The number of carbonyl (C=O) groups is 1. The zero-order valence-electron chi connectivity index (χ0n) is 5.58. The Kier molecular flexibility index (Phi) is 4.32. The molecule has 0 aliphatic carbocycles. The second kappa shape index (κ2) is 4.26. The molecule has 0 aromatic heterocycles. The van der Waals surface area contributed by atoms with Gasteiger partial charge in [0.15, 0.2) is 0 Å². The molecule has 11 heavy (non-hydrogen) atoms. The molecule has 7 heteroatoms. The topological polar surface area (TPSA) is 104 Å². The van der Waals surface area contributed by atoms with Gasteiger partial charge in [0.05, 0.1) is 0 Å². The van der Waals surface area contributed by atoms with Crippen molar-refractivity contribution in [1.29, 1.82) is 0 Å². The summed E-state index contributed by atoms with van der Waals surface area (Å²) in [5.74, 6) is -0.0339. The van der Waals surface area contributed by atoms with Crippen LogP contribution in [-0.4, -0.2) is 48.3 Å². The van der Waals surface area contributed by atoms with Gasteiger partial charge in [-0.15, -0.1) is 0 Å². The number of hydrogen-bond acceptors (Lipinski definition) is 4. The van der Waals surface area contributed by atoms with Crippen LogP contribution in [0, 0.1) is 0 Å². The van der Waals surface area contributed by atoms with Crippen LogP contribution < -0.4 is 5.73 Å². The van der Waals surface area contributed by atoms with Crippen molar-refractivity contribution in [2.75, 3.05) is 0 Å². The number of carboxylic acids is 1. The van der Waals surface area contributed by atoms with Gasteiger partial charge in [0.25, 0.3) is 0 Å². The van der Waals surface area contributed by atoms with Crippen LogP contribution in [-0.2, 0) is 4.79 Å². The Labute approximate surface area is 71.8 Å². The molecule has 0 saturated heterocycles. The van der Waals surface area contributed by atoms with Gasteiger partial charge in [-0.05, 0) is 0 Å². The molecule has 5 nitrogen and oxygen atoms in total. The van der Waals surface area contributed by atoms with Crippen LogP contribution in [0.1, 0.15) is 6.42 Å². The molecule has 5 N–H and O–H groups in total. The van der Waals surface area contributed by atoms with E-state index in [4.69, 9.17) is 20.6 Å². The molecular formula is C4H10NO4PSe. The van der Waals surface area contributed by atoms with Gasteiger partial charge >= 0.3 is 71.3 Å². The molecule has 0 unspecified atom stereocenters. The van der Waals surface area contributed by atoms with Gasteiger partial charge in [-0.25, -0.2) is 0 Å². The SMILES string of the molecule is N[C@@H](CC=P(O)(O)[SeH])C(=O)O. The van der Waals surface area contributed by atoms with Gasteiger partial charge in [0.1, 0.15) is 0 Å². The Bertz CT molecular complexity index is 192. The Morgan fingerprint density at radius 1 is 1.73 bits per heavy atom. The third kappa shape index (κ3) is 6.56. The number of rotatable bonds is 3. The van der Waals surface area contributed by atoms with E-state index in [9.17, 15) is 4.79 Å². The first kappa shape index (κ1) is 11.2. The van der Waals surface area contributed by atoms with Crippen molar-refractivity contribution in [3.8, 4) is 0 Å². The zero-order valence-corrected chi connectivity index (χ0v) is 8.35. The van der Waals surface area contributed by atoms with Crippen LogP contribution in [0.3, 0.4) is 0 Å². The first-order valence-corrected chi connectivity index (χ1v) is 6.96. The standard InChI is InChI=1S/C4H10NO4PSe/c5-3(4(6)7)1-2-10(8,9)11/h2-3,8-9,11H,1,5H2,(H,6,7)/t3-/m0/s1. The molecule has 0 saturated carbocycles. The molecule has 0 aliphatic rings. The molecule has 0 rings (SSSR count). The van der Waals surface area contributed by atoms with Gasteiger partial charge in [-0.3, -0.25) is 0 Å². The van der Waals surface area contributed by atoms with Crippen LogP contribution in [0.2, 0.25) is 0 Å². The van der Waals surface area contributed by atoms with E-state index in [1.165, 1.54) is 0 Å². The van der Waals surface area contributed by atoms with Crippen molar-refractivity contribution < 1.29 is 19.7 Å². The van der Waals surface area contributed by atoms with E-state index in [0.717, 1.165) is 5.80 Å². The van der Waals surface area contributed by atoms with Gasteiger partial charge in [0, 0.05) is 0 Å². The van der Waals surface area contributed by atoms with Crippen molar-refractivity contribution in [3.05, 3.63) is 0 Å². The summed E-state index contributed by atoms with van der Waals surface area (Å²) in [4.78, 5) is 27.7. The van der Waals surface area contributed by atoms with Gasteiger partial charge in [0.2, 0.25) is 0 Å². The van der Waals surface area contributed by atoms with E-state index in [0.29, 0.717) is 0 Å². The summed E-state index contributed by atoms with van der Waals surface area (Å²) in [6.07, 6.45) is -0.0368. The third-order valence-corrected chi connectivity index (χ3v) is 2.65. The molecule has 0 aromatic carbocycles. The zero-order chi connectivity index (χ0) is 9.07. The van der Waals surface area contributed by atoms with E-state index >= 15 is 0 Å². The molecule has 1 atom stereocenters. The van der Waals surface area contributed by atoms with Gasteiger partial charge < -0.3 is 0 Å². The van der Waals surface area contributed by atoms with Crippen LogP contribution in [0.25, 0.3) is 0 Å².